The van der Waals surface area contributed by atoms with E-state index in [1.54, 1.807) is 6.92 Å². The summed E-state index contributed by atoms with van der Waals surface area (Å²) in [4.78, 5) is 16.3. The van der Waals surface area contributed by atoms with Crippen LogP contribution < -0.4 is 0 Å². The Bertz CT molecular complexity index is 435. The van der Waals surface area contributed by atoms with Crippen LogP contribution in [0.5, 0.6) is 0 Å². The number of imidazole rings is 1. The molecule has 1 heterocycles. The Morgan fingerprint density at radius 2 is 2.56 bits per heavy atom. The molecule has 0 fully saturated rings. The normalized spacial score (nSPS) is 11.9. The minimum Gasteiger partial charge on any atom is -0.389 e. The second kappa shape index (κ2) is 5.10. The molecule has 0 saturated carbocycles. The highest BCUT2D eigenvalue weighted by atomic mass is 16.6. The fourth-order valence-corrected chi connectivity index (χ4v) is 1.23. The first-order chi connectivity index (χ1) is 7.56. The summed E-state index contributed by atoms with van der Waals surface area (Å²) in [5.41, 5.74) is 8.06. The lowest BCUT2D eigenvalue weighted by atomic mass is 10.3. The van der Waals surface area contributed by atoms with Gasteiger partial charge in [0.15, 0.2) is 5.82 Å². The number of azide groups is 1. The van der Waals surface area contributed by atoms with Gasteiger partial charge in [-0.25, -0.2) is 9.55 Å². The third kappa shape index (κ3) is 2.69. The maximum Gasteiger partial charge on any atom is 0.342 e. The van der Waals surface area contributed by atoms with E-state index in [9.17, 15) is 15.2 Å². The highest BCUT2D eigenvalue weighted by Crippen LogP contribution is 2.14. The molecule has 0 saturated heterocycles. The van der Waals surface area contributed by atoms with E-state index in [0.717, 1.165) is 6.20 Å². The summed E-state index contributed by atoms with van der Waals surface area (Å²) in [5.74, 6) is 0.226. The molecule has 0 aromatic carbocycles. The zero-order chi connectivity index (χ0) is 12.1. The van der Waals surface area contributed by atoms with Crippen LogP contribution in [0, 0.1) is 17.0 Å². The number of hydrogen-bond acceptors (Lipinski definition) is 5. The average molecular weight is 226 g/mol. The molecule has 1 unspecified atom stereocenters. The predicted octanol–water partition coefficient (Wildman–Crippen LogP) is 0.771. The fourth-order valence-electron chi connectivity index (χ4n) is 1.23. The molecular weight excluding hydrogens is 216 g/mol. The third-order valence-electron chi connectivity index (χ3n) is 1.97. The Morgan fingerprint density at radius 1 is 1.88 bits per heavy atom. The lowest BCUT2D eigenvalue weighted by Crippen LogP contribution is -2.20. The van der Waals surface area contributed by atoms with Gasteiger partial charge in [-0.05, 0) is 10.5 Å². The van der Waals surface area contributed by atoms with Crippen LogP contribution >= 0.6 is 0 Å². The second-order valence-corrected chi connectivity index (χ2v) is 3.10. The summed E-state index contributed by atoms with van der Waals surface area (Å²) in [6.07, 6.45) is 0.151. The van der Waals surface area contributed by atoms with E-state index in [1.807, 2.05) is 0 Å². The van der Waals surface area contributed by atoms with Gasteiger partial charge in [-0.1, -0.05) is 5.11 Å². The van der Waals surface area contributed by atoms with Gasteiger partial charge < -0.3 is 15.2 Å². The minimum absolute atomic E-state index is 0.0266. The summed E-state index contributed by atoms with van der Waals surface area (Å²) < 4.78 is 1.26. The van der Waals surface area contributed by atoms with E-state index in [4.69, 9.17) is 5.53 Å². The van der Waals surface area contributed by atoms with E-state index in [-0.39, 0.29) is 18.9 Å². The smallest absolute Gasteiger partial charge is 0.342 e. The first-order valence-corrected chi connectivity index (χ1v) is 4.41. The van der Waals surface area contributed by atoms with Gasteiger partial charge in [-0.15, -0.1) is 0 Å². The van der Waals surface area contributed by atoms with Gasteiger partial charge in [0.2, 0.25) is 0 Å². The van der Waals surface area contributed by atoms with Crippen LogP contribution in [0.25, 0.3) is 10.4 Å². The Hall–Kier alpha value is -2.12. The van der Waals surface area contributed by atoms with Crippen molar-refractivity contribution in [2.75, 3.05) is 6.54 Å². The largest absolute Gasteiger partial charge is 0.389 e. The van der Waals surface area contributed by atoms with Gasteiger partial charge >= 0.3 is 5.82 Å². The predicted molar refractivity (Wildman–Crippen MR) is 53.6 cm³/mol. The molecule has 0 spiro atoms. The van der Waals surface area contributed by atoms with Crippen molar-refractivity contribution in [3.63, 3.8) is 0 Å². The molecule has 16 heavy (non-hydrogen) atoms. The maximum atomic E-state index is 10.6. The number of nitrogens with zero attached hydrogens (tertiary/aromatic N) is 6. The molecule has 0 aliphatic carbocycles. The lowest BCUT2D eigenvalue weighted by Gasteiger charge is -2.06. The molecule has 0 amide bonds. The molecule has 0 radical (unpaired) electrons. The number of aryl methyl sites for hydroxylation is 1. The molecule has 1 aromatic heterocycles. The molecule has 0 aliphatic rings. The maximum absolute atomic E-state index is 10.6. The van der Waals surface area contributed by atoms with Crippen LogP contribution in [0.3, 0.4) is 0 Å². The Kier molecular flexibility index (Phi) is 3.81. The van der Waals surface area contributed by atoms with Crippen LogP contribution in [-0.4, -0.2) is 32.2 Å². The molecule has 9 heteroatoms. The van der Waals surface area contributed by atoms with Gasteiger partial charge in [0.25, 0.3) is 0 Å². The SMILES string of the molecule is Cc1ncc([N+](=O)[O-])n1CC(O)CN=[N+]=[N-]. The van der Waals surface area contributed by atoms with Crippen molar-refractivity contribution in [3.8, 4) is 0 Å². The first-order valence-electron chi connectivity index (χ1n) is 4.41. The second-order valence-electron chi connectivity index (χ2n) is 3.10. The zero-order valence-electron chi connectivity index (χ0n) is 8.52. The van der Waals surface area contributed by atoms with Crippen LogP contribution in [-0.2, 0) is 6.54 Å². The molecule has 1 N–H and O–H groups in total. The highest BCUT2D eigenvalue weighted by Gasteiger charge is 2.19. The summed E-state index contributed by atoms with van der Waals surface area (Å²) in [6.45, 7) is 1.43. The monoisotopic (exact) mass is 226 g/mol. The Balaban J connectivity index is 2.83. The van der Waals surface area contributed by atoms with Gasteiger partial charge in [0.1, 0.15) is 12.7 Å². The number of nitro groups is 1. The van der Waals surface area contributed by atoms with E-state index in [0.29, 0.717) is 5.82 Å². The topological polar surface area (TPSA) is 130 Å². The first kappa shape index (κ1) is 12.0. The number of aliphatic hydroxyl groups excluding tert-OH is 1. The van der Waals surface area contributed by atoms with Gasteiger partial charge in [-0.3, -0.25) is 0 Å². The molecule has 0 aliphatic heterocycles. The van der Waals surface area contributed by atoms with Gasteiger partial charge in [-0.2, -0.15) is 0 Å². The van der Waals surface area contributed by atoms with Gasteiger partial charge in [0.05, 0.1) is 12.6 Å². The summed E-state index contributed by atoms with van der Waals surface area (Å²) in [6, 6.07) is 0. The molecule has 1 rings (SSSR count). The number of hydrogen-bond donors (Lipinski definition) is 1. The quantitative estimate of drug-likeness (QED) is 0.261. The van der Waals surface area contributed by atoms with Crippen LogP contribution in [0.15, 0.2) is 11.3 Å². The van der Waals surface area contributed by atoms with E-state index >= 15 is 0 Å². The molecule has 1 atom stereocenters. The molecular formula is C7H10N6O3. The van der Waals surface area contributed by atoms with Crippen LogP contribution in [0.2, 0.25) is 0 Å². The van der Waals surface area contributed by atoms with Crippen molar-refractivity contribution in [3.05, 3.63) is 32.6 Å². The Labute approximate surface area is 90.1 Å². The number of aromatic nitrogens is 2. The molecule has 86 valence electrons. The molecule has 0 bridgehead atoms. The van der Waals surface area contributed by atoms with E-state index in [1.165, 1.54) is 4.57 Å². The minimum atomic E-state index is -0.970. The molecule has 1 aromatic rings. The number of aliphatic hydroxyl groups is 1. The summed E-state index contributed by atoms with van der Waals surface area (Å²) >= 11 is 0. The van der Waals surface area contributed by atoms with E-state index in [2.05, 4.69) is 15.0 Å². The molecule has 9 nitrogen and oxygen atoms in total. The van der Waals surface area contributed by atoms with E-state index < -0.39 is 11.0 Å². The Morgan fingerprint density at radius 3 is 3.12 bits per heavy atom. The van der Waals surface area contributed by atoms with Crippen LogP contribution in [0.1, 0.15) is 5.82 Å². The highest BCUT2D eigenvalue weighted by molar-refractivity contribution is 5.18. The van der Waals surface area contributed by atoms with Crippen molar-refractivity contribution < 1.29 is 10.0 Å². The van der Waals surface area contributed by atoms with Crippen molar-refractivity contribution in [1.82, 2.24) is 9.55 Å². The standard InChI is InChI=1S/C7H10N6O3/c1-5-9-3-7(13(15)16)12(5)4-6(14)2-10-11-8/h3,6,14H,2,4H2,1H3. The lowest BCUT2D eigenvalue weighted by molar-refractivity contribution is -0.392. The van der Waals surface area contributed by atoms with Crippen LogP contribution in [0.4, 0.5) is 5.82 Å². The van der Waals surface area contributed by atoms with Crippen molar-refractivity contribution in [2.24, 2.45) is 5.11 Å². The number of rotatable bonds is 5. The van der Waals surface area contributed by atoms with Gasteiger partial charge in [0, 0.05) is 11.8 Å². The van der Waals surface area contributed by atoms with Crippen molar-refractivity contribution in [2.45, 2.75) is 19.6 Å². The van der Waals surface area contributed by atoms with Crippen molar-refractivity contribution >= 4 is 5.82 Å². The van der Waals surface area contributed by atoms with Crippen molar-refractivity contribution in [1.29, 1.82) is 0 Å². The fraction of sp³-hybridized carbons (Fsp3) is 0.571. The average Bonchev–Trinajstić information content (AvgIpc) is 2.58. The summed E-state index contributed by atoms with van der Waals surface area (Å²) in [7, 11) is 0. The third-order valence-corrected chi connectivity index (χ3v) is 1.97. The summed E-state index contributed by atoms with van der Waals surface area (Å²) in [5, 5.41) is 23.2. The zero-order valence-corrected chi connectivity index (χ0v) is 8.52.